The first-order valence-electron chi connectivity index (χ1n) is 6.06. The van der Waals surface area contributed by atoms with Gasteiger partial charge in [0, 0.05) is 28.9 Å². The van der Waals surface area contributed by atoms with E-state index < -0.39 is 0 Å². The average Bonchev–Trinajstić information content (AvgIpc) is 2.38. The monoisotopic (exact) mass is 319 g/mol. The molecule has 0 unspecified atom stereocenters. The molecule has 2 rings (SSSR count). The minimum absolute atomic E-state index is 0.0507. The van der Waals surface area contributed by atoms with Crippen molar-refractivity contribution in [1.82, 2.24) is 15.2 Å². The minimum Gasteiger partial charge on any atom is -0.294 e. The fraction of sp³-hybridized carbons (Fsp3) is 0.286. The van der Waals surface area contributed by atoms with Crippen LogP contribution >= 0.6 is 15.9 Å². The summed E-state index contributed by atoms with van der Waals surface area (Å²) in [6.45, 7) is 3.81. The second-order valence-electron chi connectivity index (χ2n) is 4.31. The number of aromatic nitrogens is 3. The van der Waals surface area contributed by atoms with Crippen molar-refractivity contribution in [3.8, 4) is 0 Å². The number of halogens is 1. The van der Waals surface area contributed by atoms with Crippen molar-refractivity contribution in [2.24, 2.45) is 0 Å². The number of ketones is 1. The molecular formula is C14H14BrN3O. The molecule has 0 N–H and O–H groups in total. The molecule has 5 heteroatoms. The molecule has 0 spiro atoms. The van der Waals surface area contributed by atoms with Crippen LogP contribution in [0.2, 0.25) is 0 Å². The number of rotatable bonds is 4. The van der Waals surface area contributed by atoms with Crippen molar-refractivity contribution < 1.29 is 4.79 Å². The molecule has 2 aromatic heterocycles. The van der Waals surface area contributed by atoms with Gasteiger partial charge in [-0.15, -0.1) is 0 Å². The fourth-order valence-electron chi connectivity index (χ4n) is 1.85. The maximum absolute atomic E-state index is 12.3. The lowest BCUT2D eigenvalue weighted by Gasteiger charge is -2.06. The summed E-state index contributed by atoms with van der Waals surface area (Å²) >= 11 is 3.35. The number of Topliss-reactive ketones (excluding diaryl/α,β-unsaturated/α-hetero) is 1. The third-order valence-corrected chi connectivity index (χ3v) is 3.19. The van der Waals surface area contributed by atoms with Gasteiger partial charge < -0.3 is 0 Å². The second-order valence-corrected chi connectivity index (χ2v) is 5.23. The Kier molecular flexibility index (Phi) is 4.37. The average molecular weight is 320 g/mol. The van der Waals surface area contributed by atoms with Gasteiger partial charge in [-0.2, -0.15) is 10.2 Å². The van der Waals surface area contributed by atoms with Gasteiger partial charge in [0.15, 0.2) is 5.78 Å². The second kappa shape index (κ2) is 6.02. The summed E-state index contributed by atoms with van der Waals surface area (Å²) in [7, 11) is 0. The maximum atomic E-state index is 12.3. The molecule has 4 nitrogen and oxygen atoms in total. The molecule has 0 atom stereocenters. The van der Waals surface area contributed by atoms with Crippen LogP contribution in [0.15, 0.2) is 29.0 Å². The van der Waals surface area contributed by atoms with Crippen LogP contribution in [0.4, 0.5) is 0 Å². The van der Waals surface area contributed by atoms with Crippen molar-refractivity contribution >= 4 is 21.7 Å². The van der Waals surface area contributed by atoms with E-state index in [2.05, 4.69) is 31.1 Å². The number of hydrogen-bond acceptors (Lipinski definition) is 4. The molecule has 0 aliphatic carbocycles. The molecule has 0 aliphatic heterocycles. The highest BCUT2D eigenvalue weighted by Crippen LogP contribution is 2.14. The molecule has 0 aromatic carbocycles. The lowest BCUT2D eigenvalue weighted by atomic mass is 10.0. The molecule has 2 heterocycles. The molecule has 19 heavy (non-hydrogen) atoms. The Hall–Kier alpha value is -1.62. The van der Waals surface area contributed by atoms with Gasteiger partial charge in [0.2, 0.25) is 0 Å². The van der Waals surface area contributed by atoms with E-state index in [9.17, 15) is 4.79 Å². The fourth-order valence-corrected chi connectivity index (χ4v) is 2.26. The topological polar surface area (TPSA) is 55.7 Å². The van der Waals surface area contributed by atoms with Gasteiger partial charge in [-0.3, -0.25) is 9.78 Å². The highest BCUT2D eigenvalue weighted by atomic mass is 79.9. The standard InChI is InChI=1S/C14H14BrN3O/c1-3-13-12(4-9(2)17-18-13)14(19)6-10-5-11(15)8-16-7-10/h4-5,7-8H,3,6H2,1-2H3. The molecule has 0 bridgehead atoms. The highest BCUT2D eigenvalue weighted by Gasteiger charge is 2.13. The van der Waals surface area contributed by atoms with E-state index in [1.165, 1.54) is 0 Å². The summed E-state index contributed by atoms with van der Waals surface area (Å²) in [6.07, 6.45) is 4.43. The van der Waals surface area contributed by atoms with E-state index in [1.54, 1.807) is 18.5 Å². The highest BCUT2D eigenvalue weighted by molar-refractivity contribution is 9.10. The summed E-state index contributed by atoms with van der Waals surface area (Å²) in [5.74, 6) is 0.0507. The van der Waals surface area contributed by atoms with E-state index in [4.69, 9.17) is 0 Å². The zero-order valence-electron chi connectivity index (χ0n) is 10.9. The first-order valence-corrected chi connectivity index (χ1v) is 6.85. The normalized spacial score (nSPS) is 10.5. The smallest absolute Gasteiger partial charge is 0.169 e. The van der Waals surface area contributed by atoms with E-state index in [0.29, 0.717) is 18.4 Å². The zero-order valence-corrected chi connectivity index (χ0v) is 12.4. The van der Waals surface area contributed by atoms with Crippen molar-refractivity contribution in [3.05, 3.63) is 51.5 Å². The van der Waals surface area contributed by atoms with Gasteiger partial charge in [0.05, 0.1) is 11.4 Å². The van der Waals surface area contributed by atoms with E-state index in [0.717, 1.165) is 21.4 Å². The lowest BCUT2D eigenvalue weighted by molar-refractivity contribution is 0.0991. The molecule has 0 saturated carbocycles. The van der Waals surface area contributed by atoms with Crippen LogP contribution in [0.25, 0.3) is 0 Å². The van der Waals surface area contributed by atoms with Crippen LogP contribution in [0.3, 0.4) is 0 Å². The number of nitrogens with zero attached hydrogens (tertiary/aromatic N) is 3. The Morgan fingerprint density at radius 3 is 2.74 bits per heavy atom. The van der Waals surface area contributed by atoms with Gasteiger partial charge in [-0.05, 0) is 47.0 Å². The molecule has 0 saturated heterocycles. The Bertz CT molecular complexity index is 613. The number of pyridine rings is 1. The van der Waals surface area contributed by atoms with Crippen LogP contribution < -0.4 is 0 Å². The largest absolute Gasteiger partial charge is 0.294 e. The Morgan fingerprint density at radius 2 is 2.05 bits per heavy atom. The third-order valence-electron chi connectivity index (χ3n) is 2.75. The van der Waals surface area contributed by atoms with Crippen molar-refractivity contribution in [3.63, 3.8) is 0 Å². The SMILES string of the molecule is CCc1nnc(C)cc1C(=O)Cc1cncc(Br)c1. The molecular weight excluding hydrogens is 306 g/mol. The Labute approximate surface area is 120 Å². The number of aryl methyl sites for hydroxylation is 2. The minimum atomic E-state index is 0.0507. The quantitative estimate of drug-likeness (QED) is 0.813. The first-order chi connectivity index (χ1) is 9.10. The predicted molar refractivity (Wildman–Crippen MR) is 76.1 cm³/mol. The van der Waals surface area contributed by atoms with Gasteiger partial charge >= 0.3 is 0 Å². The van der Waals surface area contributed by atoms with E-state index >= 15 is 0 Å². The molecule has 2 aromatic rings. The summed E-state index contributed by atoms with van der Waals surface area (Å²) in [5, 5.41) is 8.07. The molecule has 0 amide bonds. The first kappa shape index (κ1) is 13.8. The van der Waals surface area contributed by atoms with Gasteiger partial charge in [-0.25, -0.2) is 0 Å². The van der Waals surface area contributed by atoms with Gasteiger partial charge in [0.25, 0.3) is 0 Å². The molecule has 0 aliphatic rings. The zero-order chi connectivity index (χ0) is 13.8. The van der Waals surface area contributed by atoms with Gasteiger partial charge in [0.1, 0.15) is 0 Å². The van der Waals surface area contributed by atoms with E-state index in [-0.39, 0.29) is 5.78 Å². The predicted octanol–water partition coefficient (Wildman–Crippen LogP) is 2.93. The summed E-state index contributed by atoms with van der Waals surface area (Å²) < 4.78 is 0.873. The van der Waals surface area contributed by atoms with Crippen LogP contribution in [-0.2, 0) is 12.8 Å². The number of carbonyl (C=O) groups excluding carboxylic acids is 1. The summed E-state index contributed by atoms with van der Waals surface area (Å²) in [6, 6.07) is 3.71. The van der Waals surface area contributed by atoms with Gasteiger partial charge in [-0.1, -0.05) is 6.92 Å². The molecule has 98 valence electrons. The molecule has 0 fully saturated rings. The lowest BCUT2D eigenvalue weighted by Crippen LogP contribution is -2.10. The molecule has 0 radical (unpaired) electrons. The van der Waals surface area contributed by atoms with Crippen LogP contribution in [-0.4, -0.2) is 21.0 Å². The Balaban J connectivity index is 2.27. The van der Waals surface area contributed by atoms with Crippen molar-refractivity contribution in [2.45, 2.75) is 26.7 Å². The van der Waals surface area contributed by atoms with Crippen molar-refractivity contribution in [1.29, 1.82) is 0 Å². The van der Waals surface area contributed by atoms with Crippen molar-refractivity contribution in [2.75, 3.05) is 0 Å². The number of carbonyl (C=O) groups is 1. The van der Waals surface area contributed by atoms with E-state index in [1.807, 2.05) is 19.9 Å². The van der Waals surface area contributed by atoms with Crippen LogP contribution in [0.1, 0.15) is 34.2 Å². The number of hydrogen-bond donors (Lipinski definition) is 0. The maximum Gasteiger partial charge on any atom is 0.169 e. The van der Waals surface area contributed by atoms with Crippen LogP contribution in [0, 0.1) is 6.92 Å². The summed E-state index contributed by atoms with van der Waals surface area (Å²) in [4.78, 5) is 16.4. The third kappa shape index (κ3) is 3.44. The summed E-state index contributed by atoms with van der Waals surface area (Å²) in [5.41, 5.74) is 3.05. The van der Waals surface area contributed by atoms with Crippen LogP contribution in [0.5, 0.6) is 0 Å². The Morgan fingerprint density at radius 1 is 1.26 bits per heavy atom.